The molecule has 0 unspecified atom stereocenters. The molecule has 140 valence electrons. The van der Waals surface area contributed by atoms with Crippen LogP contribution in [-0.2, 0) is 37.8 Å². The zero-order valence-corrected chi connectivity index (χ0v) is 15.1. The van der Waals surface area contributed by atoms with Gasteiger partial charge in [0.1, 0.15) is 5.69 Å². The molecule has 0 aliphatic carbocycles. The number of hydrogen-bond acceptors (Lipinski definition) is 5. The van der Waals surface area contributed by atoms with E-state index < -0.39 is 0 Å². The summed E-state index contributed by atoms with van der Waals surface area (Å²) in [5.41, 5.74) is 4.14. The van der Waals surface area contributed by atoms with Gasteiger partial charge < -0.3 is 15.0 Å². The molecule has 3 heterocycles. The number of hydrogen-bond donors (Lipinski definition) is 2. The Labute approximate surface area is 155 Å². The number of carbonyl (C=O) groups is 1. The van der Waals surface area contributed by atoms with Crippen molar-refractivity contribution in [2.75, 3.05) is 6.54 Å². The Morgan fingerprint density at radius 3 is 2.93 bits per heavy atom. The standard InChI is InChI=1S/C19H21N5O3/c1-23-17-8-9-24(10-12(17)16(11-25)22-23)18(26)7-6-15-19(27)21-14-5-3-2-4-13(14)20-15/h2-5,25H,6-11H2,1H3,(H,21,27). The van der Waals surface area contributed by atoms with Gasteiger partial charge >= 0.3 is 0 Å². The molecule has 0 spiro atoms. The molecule has 1 amide bonds. The molecular weight excluding hydrogens is 346 g/mol. The summed E-state index contributed by atoms with van der Waals surface area (Å²) >= 11 is 0. The highest BCUT2D eigenvalue weighted by molar-refractivity contribution is 5.77. The molecule has 2 N–H and O–H groups in total. The van der Waals surface area contributed by atoms with E-state index in [1.807, 2.05) is 25.2 Å². The van der Waals surface area contributed by atoms with Crippen LogP contribution in [0.5, 0.6) is 0 Å². The van der Waals surface area contributed by atoms with E-state index in [4.69, 9.17) is 0 Å². The zero-order chi connectivity index (χ0) is 19.0. The van der Waals surface area contributed by atoms with Gasteiger partial charge in [-0.25, -0.2) is 4.98 Å². The summed E-state index contributed by atoms with van der Waals surface area (Å²) < 4.78 is 1.78. The lowest BCUT2D eigenvalue weighted by Crippen LogP contribution is -2.36. The van der Waals surface area contributed by atoms with Crippen molar-refractivity contribution in [3.8, 4) is 0 Å². The van der Waals surface area contributed by atoms with Crippen LogP contribution in [0.15, 0.2) is 29.1 Å². The second-order valence-corrected chi connectivity index (χ2v) is 6.75. The number of aryl methyl sites for hydroxylation is 2. The van der Waals surface area contributed by atoms with E-state index in [1.54, 1.807) is 15.6 Å². The molecule has 4 rings (SSSR count). The van der Waals surface area contributed by atoms with E-state index in [-0.39, 0.29) is 24.5 Å². The molecule has 2 aromatic heterocycles. The van der Waals surface area contributed by atoms with Crippen molar-refractivity contribution in [1.82, 2.24) is 24.6 Å². The number of para-hydroxylation sites is 2. The summed E-state index contributed by atoms with van der Waals surface area (Å²) in [6.07, 6.45) is 1.22. The average Bonchev–Trinajstić information content (AvgIpc) is 3.01. The number of fused-ring (bicyclic) bond motifs is 2. The van der Waals surface area contributed by atoms with E-state index in [9.17, 15) is 14.7 Å². The number of benzene rings is 1. The lowest BCUT2D eigenvalue weighted by Gasteiger charge is -2.27. The van der Waals surface area contributed by atoms with Crippen LogP contribution in [0.2, 0.25) is 0 Å². The van der Waals surface area contributed by atoms with E-state index in [0.29, 0.717) is 48.4 Å². The van der Waals surface area contributed by atoms with Crippen molar-refractivity contribution >= 4 is 16.9 Å². The maximum atomic E-state index is 12.7. The van der Waals surface area contributed by atoms with Gasteiger partial charge in [0, 0.05) is 50.7 Å². The smallest absolute Gasteiger partial charge is 0.270 e. The van der Waals surface area contributed by atoms with E-state index in [2.05, 4.69) is 15.1 Å². The summed E-state index contributed by atoms with van der Waals surface area (Å²) in [5.74, 6) is -0.0252. The predicted octanol–water partition coefficient (Wildman–Crippen LogP) is 0.666. The first-order valence-corrected chi connectivity index (χ1v) is 8.97. The van der Waals surface area contributed by atoms with Crippen LogP contribution < -0.4 is 5.56 Å². The van der Waals surface area contributed by atoms with Gasteiger partial charge in [-0.15, -0.1) is 0 Å². The number of aliphatic hydroxyl groups is 1. The molecule has 1 aliphatic rings. The van der Waals surface area contributed by atoms with Gasteiger partial charge in [-0.3, -0.25) is 14.3 Å². The maximum absolute atomic E-state index is 12.7. The van der Waals surface area contributed by atoms with Crippen LogP contribution in [0.1, 0.15) is 29.1 Å². The summed E-state index contributed by atoms with van der Waals surface area (Å²) in [6, 6.07) is 7.34. The molecule has 3 aromatic rings. The second-order valence-electron chi connectivity index (χ2n) is 6.75. The molecular formula is C19H21N5O3. The average molecular weight is 367 g/mol. The molecule has 8 nitrogen and oxygen atoms in total. The van der Waals surface area contributed by atoms with Gasteiger partial charge in [-0.2, -0.15) is 5.10 Å². The summed E-state index contributed by atoms with van der Waals surface area (Å²) in [4.78, 5) is 33.8. The Hall–Kier alpha value is -3.00. The minimum atomic E-state index is -0.253. The SMILES string of the molecule is Cn1nc(CO)c2c1CCN(C(=O)CCc1nc3ccccc3[nH]c1=O)C2. The lowest BCUT2D eigenvalue weighted by molar-refractivity contribution is -0.132. The summed E-state index contributed by atoms with van der Waals surface area (Å²) in [6.45, 7) is 0.915. The van der Waals surface area contributed by atoms with Crippen LogP contribution >= 0.6 is 0 Å². The third-order valence-electron chi connectivity index (χ3n) is 5.07. The van der Waals surface area contributed by atoms with Crippen molar-refractivity contribution in [2.24, 2.45) is 7.05 Å². The highest BCUT2D eigenvalue weighted by Gasteiger charge is 2.26. The number of aliphatic hydroxyl groups excluding tert-OH is 1. The fourth-order valence-corrected chi connectivity index (χ4v) is 3.63. The summed E-state index contributed by atoms with van der Waals surface area (Å²) in [5, 5.41) is 13.8. The molecule has 0 radical (unpaired) electrons. The zero-order valence-electron chi connectivity index (χ0n) is 15.1. The first-order chi connectivity index (χ1) is 13.1. The number of nitrogens with zero attached hydrogens (tertiary/aromatic N) is 4. The number of amides is 1. The monoisotopic (exact) mass is 367 g/mol. The van der Waals surface area contributed by atoms with Crippen LogP contribution in [0, 0.1) is 0 Å². The lowest BCUT2D eigenvalue weighted by atomic mass is 10.0. The number of H-pyrrole nitrogens is 1. The third kappa shape index (κ3) is 3.23. The van der Waals surface area contributed by atoms with Crippen molar-refractivity contribution in [3.63, 3.8) is 0 Å². The number of rotatable bonds is 4. The highest BCUT2D eigenvalue weighted by Crippen LogP contribution is 2.22. The third-order valence-corrected chi connectivity index (χ3v) is 5.07. The molecule has 0 saturated heterocycles. The van der Waals surface area contributed by atoms with Crippen LogP contribution in [0.25, 0.3) is 11.0 Å². The van der Waals surface area contributed by atoms with Crippen molar-refractivity contribution < 1.29 is 9.90 Å². The van der Waals surface area contributed by atoms with Gasteiger partial charge in [-0.1, -0.05) is 12.1 Å². The molecule has 1 aromatic carbocycles. The van der Waals surface area contributed by atoms with Crippen molar-refractivity contribution in [2.45, 2.75) is 32.4 Å². The van der Waals surface area contributed by atoms with Crippen molar-refractivity contribution in [1.29, 1.82) is 0 Å². The van der Waals surface area contributed by atoms with Gasteiger partial charge in [0.05, 0.1) is 23.3 Å². The topological polar surface area (TPSA) is 104 Å². The fraction of sp³-hybridized carbons (Fsp3) is 0.368. The van der Waals surface area contributed by atoms with Gasteiger partial charge in [-0.05, 0) is 12.1 Å². The number of aromatic nitrogens is 4. The second kappa shape index (κ2) is 6.96. The Balaban J connectivity index is 1.47. The maximum Gasteiger partial charge on any atom is 0.270 e. The minimum absolute atomic E-state index is 0.0252. The van der Waals surface area contributed by atoms with Gasteiger partial charge in [0.15, 0.2) is 0 Å². The quantitative estimate of drug-likeness (QED) is 0.705. The molecule has 0 saturated carbocycles. The largest absolute Gasteiger partial charge is 0.390 e. The normalized spacial score (nSPS) is 13.8. The van der Waals surface area contributed by atoms with Gasteiger partial charge in [0.25, 0.3) is 5.56 Å². The van der Waals surface area contributed by atoms with Crippen molar-refractivity contribution in [3.05, 3.63) is 57.3 Å². The van der Waals surface area contributed by atoms with Crippen LogP contribution in [0.3, 0.4) is 0 Å². The number of carbonyl (C=O) groups excluding carboxylic acids is 1. The Morgan fingerprint density at radius 1 is 1.30 bits per heavy atom. The fourth-order valence-electron chi connectivity index (χ4n) is 3.63. The van der Waals surface area contributed by atoms with E-state index >= 15 is 0 Å². The first-order valence-electron chi connectivity index (χ1n) is 8.97. The molecule has 0 bridgehead atoms. The predicted molar refractivity (Wildman–Crippen MR) is 98.9 cm³/mol. The van der Waals surface area contributed by atoms with Crippen LogP contribution in [-0.4, -0.2) is 42.2 Å². The molecule has 0 fully saturated rings. The first kappa shape index (κ1) is 17.4. The number of aromatic amines is 1. The Bertz CT molecular complexity index is 1070. The molecule has 0 atom stereocenters. The molecule has 27 heavy (non-hydrogen) atoms. The Morgan fingerprint density at radius 2 is 2.11 bits per heavy atom. The minimum Gasteiger partial charge on any atom is -0.390 e. The highest BCUT2D eigenvalue weighted by atomic mass is 16.3. The van der Waals surface area contributed by atoms with E-state index in [1.165, 1.54) is 0 Å². The summed E-state index contributed by atoms with van der Waals surface area (Å²) in [7, 11) is 1.85. The van der Waals surface area contributed by atoms with E-state index in [0.717, 1.165) is 11.3 Å². The molecule has 1 aliphatic heterocycles. The van der Waals surface area contributed by atoms with Gasteiger partial charge in [0.2, 0.25) is 5.91 Å². The Kier molecular flexibility index (Phi) is 4.49. The number of nitrogens with one attached hydrogen (secondary N) is 1. The van der Waals surface area contributed by atoms with Crippen LogP contribution in [0.4, 0.5) is 0 Å². The molecule has 8 heteroatoms.